The zero-order valence-corrected chi connectivity index (χ0v) is 13.2. The van der Waals surface area contributed by atoms with E-state index in [-0.39, 0.29) is 0 Å². The van der Waals surface area contributed by atoms with Gasteiger partial charge in [-0.3, -0.25) is 4.68 Å². The number of ether oxygens (including phenoxy) is 1. The highest BCUT2D eigenvalue weighted by Gasteiger charge is 2.08. The van der Waals surface area contributed by atoms with E-state index < -0.39 is 0 Å². The molecule has 112 valence electrons. The molecule has 0 saturated carbocycles. The van der Waals surface area contributed by atoms with Gasteiger partial charge in [0.15, 0.2) is 0 Å². The van der Waals surface area contributed by atoms with Gasteiger partial charge in [0, 0.05) is 18.8 Å². The van der Waals surface area contributed by atoms with Gasteiger partial charge in [-0.25, -0.2) is 0 Å². The Hall–Kier alpha value is -2.55. The van der Waals surface area contributed by atoms with Gasteiger partial charge < -0.3 is 4.74 Å². The quantitative estimate of drug-likeness (QED) is 0.717. The molecule has 3 rings (SSSR count). The summed E-state index contributed by atoms with van der Waals surface area (Å²) in [5.41, 5.74) is 5.60. The summed E-state index contributed by atoms with van der Waals surface area (Å²) >= 11 is 0. The second kappa shape index (κ2) is 6.06. The fourth-order valence-electron chi connectivity index (χ4n) is 2.47. The molecule has 2 aromatic carbocycles. The molecular formula is C19H20N2O. The van der Waals surface area contributed by atoms with Gasteiger partial charge in [-0.2, -0.15) is 5.10 Å². The van der Waals surface area contributed by atoms with E-state index in [2.05, 4.69) is 49.3 Å². The van der Waals surface area contributed by atoms with Crippen molar-refractivity contribution in [2.45, 2.75) is 20.5 Å². The minimum atomic E-state index is 0.539. The maximum Gasteiger partial charge on any atom is 0.122 e. The molecule has 3 aromatic rings. The lowest BCUT2D eigenvalue weighted by atomic mass is 10.1. The summed E-state index contributed by atoms with van der Waals surface area (Å²) in [6.45, 7) is 4.69. The summed E-state index contributed by atoms with van der Waals surface area (Å²) in [7, 11) is 1.93. The Morgan fingerprint density at radius 3 is 2.64 bits per heavy atom. The minimum absolute atomic E-state index is 0.539. The largest absolute Gasteiger partial charge is 0.489 e. The molecule has 0 amide bonds. The zero-order chi connectivity index (χ0) is 15.5. The maximum absolute atomic E-state index is 6.04. The average Bonchev–Trinajstić information content (AvgIpc) is 2.95. The summed E-state index contributed by atoms with van der Waals surface area (Å²) < 4.78 is 7.86. The normalized spacial score (nSPS) is 10.7. The van der Waals surface area contributed by atoms with Crippen LogP contribution in [0.25, 0.3) is 11.3 Å². The van der Waals surface area contributed by atoms with E-state index in [0.717, 1.165) is 28.1 Å². The molecule has 0 saturated heterocycles. The van der Waals surface area contributed by atoms with Crippen molar-refractivity contribution >= 4 is 0 Å². The first-order chi connectivity index (χ1) is 10.6. The van der Waals surface area contributed by atoms with Crippen molar-refractivity contribution in [2.24, 2.45) is 7.05 Å². The van der Waals surface area contributed by atoms with Crippen LogP contribution in [0.15, 0.2) is 54.7 Å². The summed E-state index contributed by atoms with van der Waals surface area (Å²) in [6, 6.07) is 16.5. The Morgan fingerprint density at radius 2 is 1.86 bits per heavy atom. The first-order valence-corrected chi connectivity index (χ1v) is 7.41. The van der Waals surface area contributed by atoms with Crippen molar-refractivity contribution in [2.75, 3.05) is 0 Å². The smallest absolute Gasteiger partial charge is 0.122 e. The summed E-state index contributed by atoms with van der Waals surface area (Å²) in [5, 5.41) is 4.49. The van der Waals surface area contributed by atoms with Gasteiger partial charge >= 0.3 is 0 Å². The van der Waals surface area contributed by atoms with Crippen molar-refractivity contribution in [1.82, 2.24) is 9.78 Å². The zero-order valence-electron chi connectivity index (χ0n) is 13.2. The van der Waals surface area contributed by atoms with Gasteiger partial charge in [0.1, 0.15) is 12.4 Å². The molecule has 0 aliphatic carbocycles. The summed E-state index contributed by atoms with van der Waals surface area (Å²) in [6.07, 6.45) is 1.96. The monoisotopic (exact) mass is 292 g/mol. The molecule has 0 bridgehead atoms. The van der Waals surface area contributed by atoms with Crippen molar-refractivity contribution in [3.8, 4) is 17.0 Å². The topological polar surface area (TPSA) is 27.1 Å². The van der Waals surface area contributed by atoms with Crippen LogP contribution < -0.4 is 4.74 Å². The first kappa shape index (κ1) is 14.4. The molecule has 1 aromatic heterocycles. The van der Waals surface area contributed by atoms with Crippen LogP contribution >= 0.6 is 0 Å². The Bertz CT molecular complexity index is 790. The van der Waals surface area contributed by atoms with Crippen LogP contribution in [0.3, 0.4) is 0 Å². The Morgan fingerprint density at radius 1 is 1.05 bits per heavy atom. The molecule has 3 nitrogen and oxygen atoms in total. The van der Waals surface area contributed by atoms with Crippen molar-refractivity contribution in [1.29, 1.82) is 0 Å². The minimum Gasteiger partial charge on any atom is -0.489 e. The predicted octanol–water partition coefficient (Wildman–Crippen LogP) is 4.28. The van der Waals surface area contributed by atoms with E-state index in [0.29, 0.717) is 6.61 Å². The maximum atomic E-state index is 6.04. The number of hydrogen-bond acceptors (Lipinski definition) is 2. The van der Waals surface area contributed by atoms with Crippen molar-refractivity contribution in [3.05, 3.63) is 71.4 Å². The van der Waals surface area contributed by atoms with Crippen molar-refractivity contribution in [3.63, 3.8) is 0 Å². The molecule has 0 N–H and O–H groups in total. The van der Waals surface area contributed by atoms with Crippen LogP contribution in [0.4, 0.5) is 0 Å². The second-order valence-electron chi connectivity index (χ2n) is 5.59. The number of hydrogen-bond donors (Lipinski definition) is 0. The Labute approximate surface area is 131 Å². The van der Waals surface area contributed by atoms with Crippen molar-refractivity contribution < 1.29 is 4.74 Å². The lowest BCUT2D eigenvalue weighted by molar-refractivity contribution is 0.304. The van der Waals surface area contributed by atoms with E-state index >= 15 is 0 Å². The van der Waals surface area contributed by atoms with E-state index in [1.807, 2.05) is 36.1 Å². The molecule has 0 fully saturated rings. The number of benzene rings is 2. The molecule has 3 heteroatoms. The lowest BCUT2D eigenvalue weighted by Gasteiger charge is -2.12. The highest BCUT2D eigenvalue weighted by molar-refractivity contribution is 5.63. The Balaban J connectivity index is 1.85. The van der Waals surface area contributed by atoms with Gasteiger partial charge in [0.05, 0.1) is 5.69 Å². The Kier molecular flexibility index (Phi) is 3.96. The third kappa shape index (κ3) is 3.03. The summed E-state index contributed by atoms with van der Waals surface area (Å²) in [4.78, 5) is 0. The van der Waals surface area contributed by atoms with Crippen LogP contribution in [-0.2, 0) is 13.7 Å². The van der Waals surface area contributed by atoms with Crippen LogP contribution in [0.1, 0.15) is 16.7 Å². The molecule has 0 unspecified atom stereocenters. The SMILES string of the molecule is Cc1ccc(C)c(OCc2ccccc2-c2ccn(C)n2)c1. The first-order valence-electron chi connectivity index (χ1n) is 7.41. The number of aryl methyl sites for hydroxylation is 3. The summed E-state index contributed by atoms with van der Waals surface area (Å²) in [5.74, 6) is 0.941. The lowest BCUT2D eigenvalue weighted by Crippen LogP contribution is -2.00. The second-order valence-corrected chi connectivity index (χ2v) is 5.59. The third-order valence-electron chi connectivity index (χ3n) is 3.73. The van der Waals surface area contributed by atoms with Crippen LogP contribution in [0.5, 0.6) is 5.75 Å². The molecule has 22 heavy (non-hydrogen) atoms. The molecule has 0 aliphatic rings. The molecule has 0 atom stereocenters. The number of aromatic nitrogens is 2. The van der Waals surface area contributed by atoms with E-state index in [1.54, 1.807) is 0 Å². The molecule has 0 radical (unpaired) electrons. The van der Waals surface area contributed by atoms with Gasteiger partial charge in [0.25, 0.3) is 0 Å². The van der Waals surface area contributed by atoms with Crippen LogP contribution in [0.2, 0.25) is 0 Å². The number of rotatable bonds is 4. The molecule has 1 heterocycles. The fraction of sp³-hybridized carbons (Fsp3) is 0.211. The average molecular weight is 292 g/mol. The van der Waals surface area contributed by atoms with Gasteiger partial charge in [-0.1, -0.05) is 36.4 Å². The molecule has 0 aliphatic heterocycles. The number of nitrogens with zero attached hydrogens (tertiary/aromatic N) is 2. The third-order valence-corrected chi connectivity index (χ3v) is 3.73. The standard InChI is InChI=1S/C19H20N2O/c1-14-8-9-15(2)19(12-14)22-13-16-6-4-5-7-17(16)18-10-11-21(3)20-18/h4-12H,13H2,1-3H3. The highest BCUT2D eigenvalue weighted by Crippen LogP contribution is 2.25. The van der Waals surface area contributed by atoms with Gasteiger partial charge in [-0.15, -0.1) is 0 Å². The molecular weight excluding hydrogens is 272 g/mol. The highest BCUT2D eigenvalue weighted by atomic mass is 16.5. The fourth-order valence-corrected chi connectivity index (χ4v) is 2.47. The van der Waals surface area contributed by atoms with Gasteiger partial charge in [0.2, 0.25) is 0 Å². The molecule has 0 spiro atoms. The van der Waals surface area contributed by atoms with Gasteiger partial charge in [-0.05, 0) is 42.7 Å². The van der Waals surface area contributed by atoms with E-state index in [4.69, 9.17) is 4.74 Å². The van der Waals surface area contributed by atoms with Crippen LogP contribution in [0, 0.1) is 13.8 Å². The van der Waals surface area contributed by atoms with E-state index in [1.165, 1.54) is 5.56 Å². The van der Waals surface area contributed by atoms with Crippen LogP contribution in [-0.4, -0.2) is 9.78 Å². The van der Waals surface area contributed by atoms with E-state index in [9.17, 15) is 0 Å². The predicted molar refractivity (Wildman–Crippen MR) is 88.9 cm³/mol.